The van der Waals surface area contributed by atoms with Gasteiger partial charge >= 0.3 is 5.97 Å². The maximum atomic E-state index is 13.2. The van der Waals surface area contributed by atoms with E-state index in [1.54, 1.807) is 18.2 Å². The van der Waals surface area contributed by atoms with Crippen molar-refractivity contribution in [3.8, 4) is 0 Å². The minimum Gasteiger partial charge on any atom is -0.501 e. The minimum absolute atomic E-state index is 0.0145. The molecule has 170 valence electrons. The maximum Gasteiger partial charge on any atom is 0.312 e. The first-order valence-electron chi connectivity index (χ1n) is 10.9. The van der Waals surface area contributed by atoms with E-state index < -0.39 is 48.0 Å². The van der Waals surface area contributed by atoms with Gasteiger partial charge in [-0.15, -0.1) is 0 Å². The molecule has 31 heavy (non-hydrogen) atoms. The van der Waals surface area contributed by atoms with E-state index in [9.17, 15) is 24.9 Å². The lowest BCUT2D eigenvalue weighted by Crippen LogP contribution is -2.40. The van der Waals surface area contributed by atoms with Crippen LogP contribution in [0.1, 0.15) is 38.5 Å². The molecule has 3 rings (SSSR count). The third kappa shape index (κ3) is 5.93. The smallest absolute Gasteiger partial charge is 0.312 e. The Hall–Kier alpha value is -2.22. The van der Waals surface area contributed by atoms with Gasteiger partial charge in [0.25, 0.3) is 0 Å². The molecule has 3 aliphatic rings. The molecule has 7 heteroatoms. The molecular formula is C24H32O7. The lowest BCUT2D eigenvalue weighted by Gasteiger charge is -2.34. The second-order valence-electron chi connectivity index (χ2n) is 8.44. The molecule has 7 nitrogen and oxygen atoms in total. The van der Waals surface area contributed by atoms with Gasteiger partial charge in [-0.2, -0.15) is 0 Å². The van der Waals surface area contributed by atoms with E-state index in [1.807, 2.05) is 6.08 Å². The molecule has 0 bridgehead atoms. The van der Waals surface area contributed by atoms with Gasteiger partial charge in [0, 0.05) is 18.8 Å². The summed E-state index contributed by atoms with van der Waals surface area (Å²) in [5, 5.41) is 30.9. The zero-order valence-corrected chi connectivity index (χ0v) is 17.8. The predicted octanol–water partition coefficient (Wildman–Crippen LogP) is 1.98. The third-order valence-corrected chi connectivity index (χ3v) is 6.26. The van der Waals surface area contributed by atoms with Crippen LogP contribution in [0.25, 0.3) is 0 Å². The number of aliphatic hydroxyl groups is 3. The number of hydrogen-bond acceptors (Lipinski definition) is 7. The number of fused-ring (bicyclic) bond motifs is 1. The van der Waals surface area contributed by atoms with Crippen molar-refractivity contribution in [1.29, 1.82) is 0 Å². The second kappa shape index (κ2) is 10.9. The molecule has 0 radical (unpaired) electrons. The highest BCUT2D eigenvalue weighted by molar-refractivity contribution is 5.93. The lowest BCUT2D eigenvalue weighted by molar-refractivity contribution is -0.161. The quantitative estimate of drug-likeness (QED) is 0.452. The van der Waals surface area contributed by atoms with Crippen LogP contribution in [0, 0.1) is 17.8 Å². The number of ether oxygens (including phenoxy) is 2. The third-order valence-electron chi connectivity index (χ3n) is 6.26. The van der Waals surface area contributed by atoms with E-state index in [2.05, 4.69) is 6.08 Å². The van der Waals surface area contributed by atoms with Crippen molar-refractivity contribution in [3.05, 3.63) is 48.3 Å². The summed E-state index contributed by atoms with van der Waals surface area (Å²) in [5.41, 5.74) is 0. The first kappa shape index (κ1) is 23.4. The van der Waals surface area contributed by atoms with Gasteiger partial charge in [0.15, 0.2) is 5.78 Å². The molecule has 0 fully saturated rings. The Morgan fingerprint density at radius 2 is 1.81 bits per heavy atom. The fourth-order valence-corrected chi connectivity index (χ4v) is 4.44. The summed E-state index contributed by atoms with van der Waals surface area (Å²) in [6.07, 6.45) is 11.0. The summed E-state index contributed by atoms with van der Waals surface area (Å²) < 4.78 is 11.2. The molecule has 2 aliphatic carbocycles. The van der Waals surface area contributed by atoms with E-state index >= 15 is 0 Å². The molecule has 0 amide bonds. The van der Waals surface area contributed by atoms with Crippen LogP contribution in [0.5, 0.6) is 0 Å². The Morgan fingerprint density at radius 3 is 2.52 bits per heavy atom. The number of esters is 1. The Balaban J connectivity index is 1.91. The zero-order chi connectivity index (χ0) is 22.4. The molecular weight excluding hydrogens is 400 g/mol. The molecule has 7 atom stereocenters. The van der Waals surface area contributed by atoms with E-state index in [1.165, 1.54) is 19.3 Å². The molecule has 1 heterocycles. The fraction of sp³-hybridized carbons (Fsp3) is 0.583. The van der Waals surface area contributed by atoms with Crippen LogP contribution in [0.3, 0.4) is 0 Å². The van der Waals surface area contributed by atoms with Crippen molar-refractivity contribution >= 4 is 11.8 Å². The number of methoxy groups -OCH3 is 1. The van der Waals surface area contributed by atoms with Crippen LogP contribution in [0.4, 0.5) is 0 Å². The topological polar surface area (TPSA) is 113 Å². The molecule has 0 aromatic carbocycles. The monoisotopic (exact) mass is 432 g/mol. The average molecular weight is 433 g/mol. The minimum atomic E-state index is -1.53. The summed E-state index contributed by atoms with van der Waals surface area (Å²) in [6.45, 7) is 0. The van der Waals surface area contributed by atoms with E-state index in [0.717, 1.165) is 19.3 Å². The summed E-state index contributed by atoms with van der Waals surface area (Å²) in [5.74, 6) is -1.70. The summed E-state index contributed by atoms with van der Waals surface area (Å²) in [6, 6.07) is 0. The number of allylic oxidation sites excluding steroid dienone is 3. The van der Waals surface area contributed by atoms with Crippen LogP contribution >= 0.6 is 0 Å². The van der Waals surface area contributed by atoms with Crippen molar-refractivity contribution < 1.29 is 34.4 Å². The predicted molar refractivity (Wildman–Crippen MR) is 114 cm³/mol. The first-order valence-corrected chi connectivity index (χ1v) is 10.9. The number of ketones is 1. The fourth-order valence-electron chi connectivity index (χ4n) is 4.44. The van der Waals surface area contributed by atoms with E-state index in [0.29, 0.717) is 18.6 Å². The number of cyclic esters (lactones) is 1. The molecule has 0 aromatic rings. The second-order valence-corrected chi connectivity index (χ2v) is 8.44. The molecule has 1 aliphatic heterocycles. The molecule has 7 unspecified atom stereocenters. The highest BCUT2D eigenvalue weighted by Crippen LogP contribution is 2.34. The standard InChI is InChI=1S/C24H32O7/c1-30-17-13-16-9-5-10-18(25)23(28)19(26)11-6-12-21(15-7-3-2-4-8-15)31-24(29)22(16)20(27)14-17/h3,5-7,9,11,14-16,18,20-23,25,27-28H,2,4,8,10,12-13H2,1H3/b9-5+,11-6-. The van der Waals surface area contributed by atoms with Gasteiger partial charge in [-0.25, -0.2) is 0 Å². The highest BCUT2D eigenvalue weighted by Gasteiger charge is 2.40. The van der Waals surface area contributed by atoms with Gasteiger partial charge in [0.1, 0.15) is 12.2 Å². The van der Waals surface area contributed by atoms with Crippen LogP contribution < -0.4 is 0 Å². The number of aliphatic hydroxyl groups excluding tert-OH is 3. The molecule has 3 N–H and O–H groups in total. The highest BCUT2D eigenvalue weighted by atomic mass is 16.5. The van der Waals surface area contributed by atoms with Gasteiger partial charge in [-0.05, 0) is 43.8 Å². The Kier molecular flexibility index (Phi) is 8.23. The summed E-state index contributed by atoms with van der Waals surface area (Å²) >= 11 is 0. The number of rotatable bonds is 2. The SMILES string of the molecule is COC1=CC(O)C2C(=O)OC(C3C=CCCC3)C/C=C\C(=O)C(O)C(O)C/C=C/C2C1. The van der Waals surface area contributed by atoms with Crippen molar-refractivity contribution in [3.63, 3.8) is 0 Å². The van der Waals surface area contributed by atoms with Gasteiger partial charge in [-0.1, -0.05) is 30.4 Å². The number of carbonyl (C=O) groups is 2. The molecule has 0 aromatic heterocycles. The van der Waals surface area contributed by atoms with Crippen molar-refractivity contribution in [2.24, 2.45) is 17.8 Å². The summed E-state index contributed by atoms with van der Waals surface area (Å²) in [7, 11) is 1.51. The Morgan fingerprint density at radius 1 is 1.03 bits per heavy atom. The summed E-state index contributed by atoms with van der Waals surface area (Å²) in [4.78, 5) is 25.4. The van der Waals surface area contributed by atoms with Crippen LogP contribution in [0.15, 0.2) is 48.3 Å². The Labute approximate surface area is 182 Å². The van der Waals surface area contributed by atoms with Gasteiger partial charge in [0.05, 0.1) is 31.0 Å². The molecule has 0 saturated heterocycles. The van der Waals surface area contributed by atoms with Gasteiger partial charge in [-0.3, -0.25) is 9.59 Å². The largest absolute Gasteiger partial charge is 0.501 e. The molecule has 0 saturated carbocycles. The Bertz CT molecular complexity index is 766. The zero-order valence-electron chi connectivity index (χ0n) is 17.8. The van der Waals surface area contributed by atoms with Crippen molar-refractivity contribution in [1.82, 2.24) is 0 Å². The maximum absolute atomic E-state index is 13.2. The number of hydrogen-bond donors (Lipinski definition) is 3. The van der Waals surface area contributed by atoms with Crippen LogP contribution in [0.2, 0.25) is 0 Å². The van der Waals surface area contributed by atoms with Crippen LogP contribution in [-0.4, -0.2) is 58.6 Å². The normalized spacial score (nSPS) is 39.5. The van der Waals surface area contributed by atoms with Crippen molar-refractivity contribution in [2.45, 2.75) is 62.9 Å². The molecule has 0 spiro atoms. The lowest BCUT2D eigenvalue weighted by atomic mass is 9.79. The van der Waals surface area contributed by atoms with E-state index in [-0.39, 0.29) is 12.3 Å². The first-order chi connectivity index (χ1) is 14.9. The van der Waals surface area contributed by atoms with Crippen molar-refractivity contribution in [2.75, 3.05) is 7.11 Å². The van der Waals surface area contributed by atoms with Gasteiger partial charge < -0.3 is 24.8 Å². The average Bonchev–Trinajstić information content (AvgIpc) is 2.77. The van der Waals surface area contributed by atoms with Gasteiger partial charge in [0.2, 0.25) is 0 Å². The van der Waals surface area contributed by atoms with E-state index in [4.69, 9.17) is 9.47 Å². The van der Waals surface area contributed by atoms with Crippen LogP contribution in [-0.2, 0) is 19.1 Å². The number of carbonyl (C=O) groups excluding carboxylic acids is 2.